The summed E-state index contributed by atoms with van der Waals surface area (Å²) >= 11 is 0. The van der Waals surface area contributed by atoms with E-state index in [-0.39, 0.29) is 5.41 Å². The molecule has 0 spiro atoms. The van der Waals surface area contributed by atoms with Crippen molar-refractivity contribution in [1.29, 1.82) is 0 Å². The second kappa shape index (κ2) is 13.9. The molecule has 0 fully saturated rings. The number of nitrogens with zero attached hydrogens (tertiary/aromatic N) is 2. The van der Waals surface area contributed by atoms with Crippen LogP contribution in [0.5, 0.6) is 0 Å². The SMILES string of the molecule is CC1(C)c2ccccc2-c2cccc(N(c3cccc(-c4ccccc4)c3-c3ccccc3-c3ccccc3)c3cccc4c3c3ccccc3n4-c3ccccc3)c21. The smallest absolute Gasteiger partial charge is 0.0562 e. The zero-order chi connectivity index (χ0) is 39.5. The molecule has 11 rings (SSSR count). The molecule has 1 heterocycles. The van der Waals surface area contributed by atoms with Gasteiger partial charge in [0, 0.05) is 27.4 Å². The Bertz CT molecular complexity index is 3170. The summed E-state index contributed by atoms with van der Waals surface area (Å²) in [7, 11) is 0. The van der Waals surface area contributed by atoms with Crippen LogP contribution in [0.2, 0.25) is 0 Å². The van der Waals surface area contributed by atoms with Gasteiger partial charge in [-0.15, -0.1) is 0 Å². The van der Waals surface area contributed by atoms with Gasteiger partial charge in [-0.25, -0.2) is 0 Å². The van der Waals surface area contributed by atoms with E-state index in [0.717, 1.165) is 17.1 Å². The fourth-order valence-corrected chi connectivity index (χ4v) is 9.88. The number of fused-ring (bicyclic) bond motifs is 6. The van der Waals surface area contributed by atoms with Gasteiger partial charge in [-0.2, -0.15) is 0 Å². The van der Waals surface area contributed by atoms with E-state index < -0.39 is 0 Å². The highest BCUT2D eigenvalue weighted by Gasteiger charge is 2.39. The molecular formula is C57H42N2. The number of rotatable bonds is 7. The third-order valence-electron chi connectivity index (χ3n) is 12.4. The maximum Gasteiger partial charge on any atom is 0.0562 e. The highest BCUT2D eigenvalue weighted by molar-refractivity contribution is 6.17. The summed E-state index contributed by atoms with van der Waals surface area (Å²) in [6, 6.07) is 79.9. The molecule has 1 aliphatic carbocycles. The second-order valence-electron chi connectivity index (χ2n) is 16.0. The maximum absolute atomic E-state index is 2.60. The fraction of sp³-hybridized carbons (Fsp3) is 0.0526. The Balaban J connectivity index is 1.30. The Morgan fingerprint density at radius 2 is 0.881 bits per heavy atom. The van der Waals surface area contributed by atoms with Crippen molar-refractivity contribution in [2.75, 3.05) is 4.90 Å². The van der Waals surface area contributed by atoms with Crippen molar-refractivity contribution in [1.82, 2.24) is 4.57 Å². The molecule has 1 aliphatic rings. The highest BCUT2D eigenvalue weighted by atomic mass is 15.2. The minimum absolute atomic E-state index is 0.258. The van der Waals surface area contributed by atoms with Gasteiger partial charge in [0.15, 0.2) is 0 Å². The minimum Gasteiger partial charge on any atom is -0.309 e. The average molecular weight is 755 g/mol. The standard InChI is InChI=1S/C57H42N2/c1-57(2)48-33-16-14-28-44(48)46-32-19-38-53(56(46)57)59(52-37-20-36-51-55(52)47-30-15-17-34-49(47)58(51)41-25-10-5-11-26-41)50-35-18-31-43(40-23-8-4-9-24-40)54(50)45-29-13-12-27-42(45)39-21-6-3-7-22-39/h3-38H,1-2H3. The van der Waals surface area contributed by atoms with Crippen LogP contribution in [0.1, 0.15) is 25.0 Å². The Labute approximate surface area is 345 Å². The molecule has 0 saturated heterocycles. The lowest BCUT2D eigenvalue weighted by Crippen LogP contribution is -2.21. The van der Waals surface area contributed by atoms with Gasteiger partial charge < -0.3 is 9.47 Å². The van der Waals surface area contributed by atoms with Crippen molar-refractivity contribution < 1.29 is 0 Å². The molecule has 0 radical (unpaired) electrons. The lowest BCUT2D eigenvalue weighted by Gasteiger charge is -2.34. The summed E-state index contributed by atoms with van der Waals surface area (Å²) in [4.78, 5) is 2.60. The number of hydrogen-bond donors (Lipinski definition) is 0. The van der Waals surface area contributed by atoms with Crippen molar-refractivity contribution in [3.05, 3.63) is 230 Å². The molecule has 0 aliphatic heterocycles. The quantitative estimate of drug-likeness (QED) is 0.157. The van der Waals surface area contributed by atoms with Crippen LogP contribution in [-0.2, 0) is 5.41 Å². The third-order valence-corrected chi connectivity index (χ3v) is 12.4. The maximum atomic E-state index is 2.60. The van der Waals surface area contributed by atoms with Gasteiger partial charge in [-0.1, -0.05) is 190 Å². The van der Waals surface area contributed by atoms with Gasteiger partial charge in [0.25, 0.3) is 0 Å². The first-order valence-electron chi connectivity index (χ1n) is 20.5. The number of para-hydroxylation sites is 2. The van der Waals surface area contributed by atoms with Gasteiger partial charge in [0.1, 0.15) is 0 Å². The zero-order valence-corrected chi connectivity index (χ0v) is 33.2. The molecule has 9 aromatic carbocycles. The van der Waals surface area contributed by atoms with Crippen molar-refractivity contribution in [3.63, 3.8) is 0 Å². The molecule has 0 saturated carbocycles. The molecule has 59 heavy (non-hydrogen) atoms. The van der Waals surface area contributed by atoms with Gasteiger partial charge in [0.2, 0.25) is 0 Å². The molecule has 10 aromatic rings. The van der Waals surface area contributed by atoms with Crippen molar-refractivity contribution in [2.24, 2.45) is 0 Å². The number of benzene rings is 9. The Morgan fingerprint density at radius 3 is 1.63 bits per heavy atom. The molecular weight excluding hydrogens is 713 g/mol. The van der Waals surface area contributed by atoms with E-state index in [1.54, 1.807) is 0 Å². The van der Waals surface area contributed by atoms with Crippen molar-refractivity contribution in [3.8, 4) is 50.2 Å². The van der Waals surface area contributed by atoms with Crippen LogP contribution in [0.15, 0.2) is 218 Å². The summed E-state index contributed by atoms with van der Waals surface area (Å²) in [6.07, 6.45) is 0. The van der Waals surface area contributed by atoms with Crippen molar-refractivity contribution >= 4 is 38.9 Å². The first kappa shape index (κ1) is 34.8. The van der Waals surface area contributed by atoms with E-state index in [2.05, 4.69) is 242 Å². The van der Waals surface area contributed by atoms with Crippen molar-refractivity contribution in [2.45, 2.75) is 19.3 Å². The summed E-state index contributed by atoms with van der Waals surface area (Å²) < 4.78 is 2.42. The van der Waals surface area contributed by atoms with E-state index >= 15 is 0 Å². The molecule has 1 aromatic heterocycles. The van der Waals surface area contributed by atoms with Crippen LogP contribution in [0.4, 0.5) is 17.1 Å². The minimum atomic E-state index is -0.258. The van der Waals surface area contributed by atoms with E-state index in [0.29, 0.717) is 0 Å². The van der Waals surface area contributed by atoms with Crippen LogP contribution in [0.25, 0.3) is 72.0 Å². The Hall–Kier alpha value is -7.42. The van der Waals surface area contributed by atoms with Gasteiger partial charge in [-0.3, -0.25) is 0 Å². The van der Waals surface area contributed by atoms with E-state index in [1.807, 2.05) is 0 Å². The predicted octanol–water partition coefficient (Wildman–Crippen LogP) is 15.6. The Morgan fingerprint density at radius 1 is 0.373 bits per heavy atom. The Kier molecular flexibility index (Phi) is 8.20. The van der Waals surface area contributed by atoms with Crippen LogP contribution >= 0.6 is 0 Å². The largest absolute Gasteiger partial charge is 0.309 e. The zero-order valence-electron chi connectivity index (χ0n) is 33.2. The number of anilines is 3. The van der Waals surface area contributed by atoms with E-state index in [1.165, 1.54) is 83.1 Å². The molecule has 2 nitrogen and oxygen atoms in total. The lowest BCUT2D eigenvalue weighted by molar-refractivity contribution is 0.661. The lowest BCUT2D eigenvalue weighted by atomic mass is 9.81. The van der Waals surface area contributed by atoms with Crippen LogP contribution < -0.4 is 4.90 Å². The monoisotopic (exact) mass is 754 g/mol. The van der Waals surface area contributed by atoms with Crippen LogP contribution in [0.3, 0.4) is 0 Å². The van der Waals surface area contributed by atoms with Crippen LogP contribution in [0, 0.1) is 0 Å². The molecule has 0 amide bonds. The fourth-order valence-electron chi connectivity index (χ4n) is 9.88. The normalized spacial score (nSPS) is 12.7. The first-order chi connectivity index (χ1) is 29.1. The average Bonchev–Trinajstić information content (AvgIpc) is 3.76. The molecule has 280 valence electrons. The molecule has 0 atom stereocenters. The number of hydrogen-bond acceptors (Lipinski definition) is 1. The molecule has 0 unspecified atom stereocenters. The van der Waals surface area contributed by atoms with Crippen LogP contribution in [-0.4, -0.2) is 4.57 Å². The first-order valence-corrected chi connectivity index (χ1v) is 20.5. The predicted molar refractivity (Wildman–Crippen MR) is 249 cm³/mol. The van der Waals surface area contributed by atoms with Gasteiger partial charge in [-0.05, 0) is 92.5 Å². The molecule has 2 heteroatoms. The van der Waals surface area contributed by atoms with E-state index in [4.69, 9.17) is 0 Å². The summed E-state index contributed by atoms with van der Waals surface area (Å²) in [5.41, 5.74) is 19.1. The summed E-state index contributed by atoms with van der Waals surface area (Å²) in [6.45, 7) is 4.79. The van der Waals surface area contributed by atoms with E-state index in [9.17, 15) is 0 Å². The number of aromatic nitrogens is 1. The second-order valence-corrected chi connectivity index (χ2v) is 16.0. The molecule has 0 bridgehead atoms. The molecule has 0 N–H and O–H groups in total. The van der Waals surface area contributed by atoms with Gasteiger partial charge >= 0.3 is 0 Å². The highest BCUT2D eigenvalue weighted by Crippen LogP contribution is 2.57. The summed E-state index contributed by atoms with van der Waals surface area (Å²) in [5.74, 6) is 0. The topological polar surface area (TPSA) is 8.17 Å². The summed E-state index contributed by atoms with van der Waals surface area (Å²) in [5, 5.41) is 2.43. The third kappa shape index (κ3) is 5.48. The van der Waals surface area contributed by atoms with Gasteiger partial charge in [0.05, 0.1) is 28.1 Å².